The number of benzene rings is 2. The van der Waals surface area contributed by atoms with Gasteiger partial charge in [0.05, 0.1) is 20.6 Å². The molecule has 0 radical (unpaired) electrons. The molecule has 0 saturated heterocycles. The Kier molecular flexibility index (Phi) is 6.46. The molecule has 150 valence electrons. The second-order valence-electron chi connectivity index (χ2n) is 6.06. The smallest absolute Gasteiger partial charge is 0.354 e. The van der Waals surface area contributed by atoms with E-state index in [0.29, 0.717) is 11.0 Å². The minimum atomic E-state index is -0.744. The van der Waals surface area contributed by atoms with E-state index in [1.165, 1.54) is 14.2 Å². The predicted octanol–water partition coefficient (Wildman–Crippen LogP) is 2.89. The maximum absolute atomic E-state index is 11.9. The summed E-state index contributed by atoms with van der Waals surface area (Å²) in [6.45, 7) is 0. The molecule has 2 aromatic carbocycles. The molecular formula is C20H19ClN4O4. The highest BCUT2D eigenvalue weighted by molar-refractivity contribution is 6.39. The average molecular weight is 415 g/mol. The van der Waals surface area contributed by atoms with E-state index in [9.17, 15) is 9.59 Å². The molecule has 8 nitrogen and oxygen atoms in total. The molecule has 0 amide bonds. The van der Waals surface area contributed by atoms with Gasteiger partial charge in [-0.25, -0.2) is 15.2 Å². The minimum Gasteiger partial charge on any atom is -0.469 e. The first kappa shape index (κ1) is 20.3. The van der Waals surface area contributed by atoms with E-state index < -0.39 is 11.9 Å². The maximum Gasteiger partial charge on any atom is 0.354 e. The summed E-state index contributed by atoms with van der Waals surface area (Å²) in [6.07, 6.45) is -0.336. The Bertz CT molecular complexity index is 976. The van der Waals surface area contributed by atoms with Gasteiger partial charge in [0.15, 0.2) is 5.71 Å². The molecule has 0 unspecified atom stereocenters. The molecule has 0 bridgehead atoms. The number of aliphatic imine (C=N–C) groups is 1. The Morgan fingerprint density at radius 1 is 1.17 bits per heavy atom. The van der Waals surface area contributed by atoms with Crippen LogP contribution in [-0.2, 0) is 19.1 Å². The van der Waals surface area contributed by atoms with E-state index in [2.05, 4.69) is 30.3 Å². The first-order valence-corrected chi connectivity index (χ1v) is 9.06. The fraction of sp³-hybridized carbons (Fsp3) is 0.200. The molecule has 29 heavy (non-hydrogen) atoms. The quantitative estimate of drug-likeness (QED) is 0.443. The van der Waals surface area contributed by atoms with Crippen LogP contribution in [0.25, 0.3) is 0 Å². The highest BCUT2D eigenvalue weighted by atomic mass is 35.5. The monoisotopic (exact) mass is 414 g/mol. The number of rotatable bonds is 5. The largest absolute Gasteiger partial charge is 0.469 e. The lowest BCUT2D eigenvalue weighted by atomic mass is 9.96. The standard InChI is InChI=1S/C20H19ClN4O4/c1-28-17(26)11-16(19(27)29-2)24-25-20-22-15-9-8-13(21)10-14(15)18(23-20)12-6-4-3-5-7-12/h3-10,18H,11H2,1-2H3,(H2,22,23,25)/b24-16+/t18-/m0/s1. The molecule has 9 heteroatoms. The second kappa shape index (κ2) is 9.20. The molecule has 0 aromatic heterocycles. The summed E-state index contributed by atoms with van der Waals surface area (Å²) < 4.78 is 9.25. The number of guanidine groups is 1. The Hall–Kier alpha value is -3.39. The molecule has 1 heterocycles. The number of nitrogens with zero attached hydrogens (tertiary/aromatic N) is 2. The first-order chi connectivity index (χ1) is 14.0. The second-order valence-corrected chi connectivity index (χ2v) is 6.50. The van der Waals surface area contributed by atoms with Crippen molar-refractivity contribution in [3.63, 3.8) is 0 Å². The van der Waals surface area contributed by atoms with E-state index in [4.69, 9.17) is 11.6 Å². The maximum atomic E-state index is 11.9. The van der Waals surface area contributed by atoms with Gasteiger partial charge in [-0.1, -0.05) is 41.9 Å². The van der Waals surface area contributed by atoms with Crippen LogP contribution in [0.15, 0.2) is 58.6 Å². The van der Waals surface area contributed by atoms with E-state index >= 15 is 0 Å². The Morgan fingerprint density at radius 3 is 2.62 bits per heavy atom. The number of nitrogens with one attached hydrogen (secondary N) is 2. The number of fused-ring (bicyclic) bond motifs is 1. The number of ether oxygens (including phenoxy) is 2. The topological polar surface area (TPSA) is 101 Å². The third-order valence-corrected chi connectivity index (χ3v) is 4.43. The van der Waals surface area contributed by atoms with Crippen LogP contribution in [0.2, 0.25) is 5.02 Å². The van der Waals surface area contributed by atoms with Crippen molar-refractivity contribution in [1.29, 1.82) is 0 Å². The number of hydrazone groups is 1. The van der Waals surface area contributed by atoms with Gasteiger partial charge in [-0.2, -0.15) is 5.10 Å². The van der Waals surface area contributed by atoms with Gasteiger partial charge in [0.2, 0.25) is 5.96 Å². The van der Waals surface area contributed by atoms with Gasteiger partial charge in [0, 0.05) is 16.3 Å². The zero-order valence-corrected chi connectivity index (χ0v) is 16.6. The molecule has 2 N–H and O–H groups in total. The van der Waals surface area contributed by atoms with Crippen LogP contribution in [0.4, 0.5) is 5.69 Å². The lowest BCUT2D eigenvalue weighted by Gasteiger charge is -2.25. The summed E-state index contributed by atoms with van der Waals surface area (Å²) in [5.41, 5.74) is 5.23. The van der Waals surface area contributed by atoms with Crippen molar-refractivity contribution < 1.29 is 19.1 Å². The fourth-order valence-corrected chi connectivity index (χ4v) is 2.96. The number of anilines is 1. The third-order valence-electron chi connectivity index (χ3n) is 4.19. The van der Waals surface area contributed by atoms with E-state index in [1.807, 2.05) is 42.5 Å². The van der Waals surface area contributed by atoms with Gasteiger partial charge < -0.3 is 14.8 Å². The fourth-order valence-electron chi connectivity index (χ4n) is 2.78. The molecule has 0 aliphatic carbocycles. The highest BCUT2D eigenvalue weighted by Gasteiger charge is 2.24. The van der Waals surface area contributed by atoms with Crippen LogP contribution in [0.5, 0.6) is 0 Å². The zero-order valence-electron chi connectivity index (χ0n) is 15.8. The van der Waals surface area contributed by atoms with Crippen LogP contribution in [0, 0.1) is 0 Å². The van der Waals surface area contributed by atoms with Crippen molar-refractivity contribution in [2.45, 2.75) is 12.5 Å². The molecule has 0 spiro atoms. The normalized spacial score (nSPS) is 15.5. The SMILES string of the molecule is COC(=O)C/C(=N\NC1=N[C@@H](c2ccccc2)c2cc(Cl)ccc2N1)C(=O)OC. The number of carbonyl (C=O) groups excluding carboxylic acids is 2. The van der Waals surface area contributed by atoms with Crippen LogP contribution in [-0.4, -0.2) is 37.8 Å². The van der Waals surface area contributed by atoms with Gasteiger partial charge in [0.25, 0.3) is 0 Å². The summed E-state index contributed by atoms with van der Waals surface area (Å²) in [5, 5.41) is 7.70. The molecule has 1 aliphatic heterocycles. The minimum absolute atomic E-state index is 0.137. The summed E-state index contributed by atoms with van der Waals surface area (Å²) in [5.74, 6) is -1.05. The summed E-state index contributed by atoms with van der Waals surface area (Å²) in [6, 6.07) is 14.8. The molecule has 0 fully saturated rings. The van der Waals surface area contributed by atoms with Crippen LogP contribution >= 0.6 is 11.6 Å². The molecular weight excluding hydrogens is 396 g/mol. The Balaban J connectivity index is 1.93. The van der Waals surface area contributed by atoms with E-state index in [-0.39, 0.29) is 18.2 Å². The number of carbonyl (C=O) groups is 2. The Morgan fingerprint density at radius 2 is 1.93 bits per heavy atom. The number of halogens is 1. The number of hydrogen-bond donors (Lipinski definition) is 2. The van der Waals surface area contributed by atoms with Crippen molar-refractivity contribution in [2.75, 3.05) is 19.5 Å². The van der Waals surface area contributed by atoms with Gasteiger partial charge >= 0.3 is 11.9 Å². The van der Waals surface area contributed by atoms with Crippen LogP contribution in [0.3, 0.4) is 0 Å². The van der Waals surface area contributed by atoms with E-state index in [1.54, 1.807) is 6.07 Å². The lowest BCUT2D eigenvalue weighted by molar-refractivity contribution is -0.140. The summed E-state index contributed by atoms with van der Waals surface area (Å²) in [4.78, 5) is 28.1. The molecule has 2 aromatic rings. The molecule has 0 saturated carbocycles. The van der Waals surface area contributed by atoms with E-state index in [0.717, 1.165) is 16.8 Å². The summed E-state index contributed by atoms with van der Waals surface area (Å²) >= 11 is 6.17. The predicted molar refractivity (Wildman–Crippen MR) is 110 cm³/mol. The molecule has 3 rings (SSSR count). The lowest BCUT2D eigenvalue weighted by Crippen LogP contribution is -2.33. The van der Waals surface area contributed by atoms with Crippen LogP contribution in [0.1, 0.15) is 23.6 Å². The van der Waals surface area contributed by atoms with Crippen molar-refractivity contribution in [3.05, 3.63) is 64.7 Å². The van der Waals surface area contributed by atoms with Crippen molar-refractivity contribution in [2.24, 2.45) is 10.1 Å². The number of esters is 2. The first-order valence-electron chi connectivity index (χ1n) is 8.68. The van der Waals surface area contributed by atoms with Gasteiger partial charge in [-0.15, -0.1) is 0 Å². The van der Waals surface area contributed by atoms with Crippen molar-refractivity contribution in [1.82, 2.24) is 5.43 Å². The molecule has 1 aliphatic rings. The van der Waals surface area contributed by atoms with Gasteiger partial charge in [0.1, 0.15) is 6.04 Å². The highest BCUT2D eigenvalue weighted by Crippen LogP contribution is 2.36. The van der Waals surface area contributed by atoms with Crippen molar-refractivity contribution >= 4 is 40.9 Å². The third kappa shape index (κ3) is 4.91. The summed E-state index contributed by atoms with van der Waals surface area (Å²) in [7, 11) is 2.43. The number of hydrogen-bond acceptors (Lipinski definition) is 8. The zero-order chi connectivity index (χ0) is 20.8. The number of methoxy groups -OCH3 is 2. The van der Waals surface area contributed by atoms with Crippen molar-refractivity contribution in [3.8, 4) is 0 Å². The van der Waals surface area contributed by atoms with Gasteiger partial charge in [-0.05, 0) is 23.8 Å². The average Bonchev–Trinajstić information content (AvgIpc) is 2.76. The molecule has 1 atom stereocenters. The van der Waals surface area contributed by atoms with Crippen LogP contribution < -0.4 is 10.7 Å². The van der Waals surface area contributed by atoms with Gasteiger partial charge in [-0.3, -0.25) is 4.79 Å². The Labute approximate surface area is 172 Å².